The van der Waals surface area contributed by atoms with Gasteiger partial charge in [-0.1, -0.05) is 11.6 Å². The summed E-state index contributed by atoms with van der Waals surface area (Å²) >= 11 is 5.90. The number of halogens is 1. The van der Waals surface area contributed by atoms with Crippen molar-refractivity contribution in [1.29, 1.82) is 0 Å². The first kappa shape index (κ1) is 20.1. The summed E-state index contributed by atoms with van der Waals surface area (Å²) in [6, 6.07) is 2.94. The van der Waals surface area contributed by atoms with Gasteiger partial charge in [0.05, 0.1) is 24.7 Å². The molecule has 2 heterocycles. The van der Waals surface area contributed by atoms with Gasteiger partial charge in [-0.15, -0.1) is 0 Å². The fourth-order valence-corrected chi connectivity index (χ4v) is 2.97. The zero-order valence-corrected chi connectivity index (χ0v) is 16.5. The molecule has 2 N–H and O–H groups in total. The lowest BCUT2D eigenvalue weighted by atomic mass is 10.2. The summed E-state index contributed by atoms with van der Waals surface area (Å²) < 4.78 is 8.56. The molecular weight excluding hydrogens is 404 g/mol. The van der Waals surface area contributed by atoms with Gasteiger partial charge >= 0.3 is 5.69 Å². The van der Waals surface area contributed by atoms with Gasteiger partial charge in [-0.25, -0.2) is 15.2 Å². The molecule has 0 atom stereocenters. The van der Waals surface area contributed by atoms with Crippen molar-refractivity contribution in [2.24, 2.45) is 19.2 Å². The summed E-state index contributed by atoms with van der Waals surface area (Å²) in [4.78, 5) is 40.4. The van der Waals surface area contributed by atoms with Crippen LogP contribution in [0.1, 0.15) is 5.56 Å². The topological polar surface area (TPSA) is 133 Å². The number of ether oxygens (including phenoxy) is 1. The number of carbonyl (C=O) groups excluding carboxylic acids is 1. The number of aryl methyl sites for hydroxylation is 1. The first-order valence-electron chi connectivity index (χ1n) is 8.23. The number of benzene rings is 1. The van der Waals surface area contributed by atoms with Gasteiger partial charge in [-0.2, -0.15) is 5.10 Å². The summed E-state index contributed by atoms with van der Waals surface area (Å²) in [6.45, 7) is -0.214. The van der Waals surface area contributed by atoms with Crippen molar-refractivity contribution in [2.45, 2.75) is 6.54 Å². The number of phenolic OH excluding ortho intramolecular Hbond substituents is 1. The Bertz CT molecular complexity index is 1260. The normalized spacial score (nSPS) is 11.3. The Morgan fingerprint density at radius 3 is 2.76 bits per heavy atom. The number of hydrazone groups is 1. The molecule has 0 unspecified atom stereocenters. The standard InChI is InChI=1S/C17H17ClN6O5/c1-22-15-13(16(27)23(2)17(22)28)19-8-24(15)7-12(25)21-20-6-9-4-10(18)14(26)11(5-9)29-3/h4-6,8,26H,7H2,1-3H3,(H,21,25)/b20-6+. The third-order valence-corrected chi connectivity index (χ3v) is 4.48. The minimum absolute atomic E-state index is 0.0736. The SMILES string of the molecule is COc1cc(/C=N/NC(=O)Cn2cnc3c(=O)n(C)c(=O)n(C)c32)cc(Cl)c1O. The molecule has 0 spiro atoms. The maximum atomic E-state index is 12.2. The fraction of sp³-hybridized carbons (Fsp3) is 0.235. The molecule has 3 rings (SSSR count). The molecule has 0 radical (unpaired) electrons. The van der Waals surface area contributed by atoms with Gasteiger partial charge in [-0.05, 0) is 17.7 Å². The van der Waals surface area contributed by atoms with Crippen LogP contribution in [-0.4, -0.2) is 43.0 Å². The van der Waals surface area contributed by atoms with Gasteiger partial charge in [0.15, 0.2) is 17.0 Å². The number of methoxy groups -OCH3 is 1. The van der Waals surface area contributed by atoms with Crippen molar-refractivity contribution in [2.75, 3.05) is 7.11 Å². The quantitative estimate of drug-likeness (QED) is 0.439. The Kier molecular flexibility index (Phi) is 5.41. The molecule has 0 saturated heterocycles. The van der Waals surface area contributed by atoms with E-state index in [-0.39, 0.29) is 34.2 Å². The van der Waals surface area contributed by atoms with E-state index in [1.54, 1.807) is 0 Å². The summed E-state index contributed by atoms with van der Waals surface area (Å²) in [5, 5.41) is 13.6. The maximum absolute atomic E-state index is 12.2. The molecule has 2 aromatic heterocycles. The Morgan fingerprint density at radius 1 is 1.34 bits per heavy atom. The number of amides is 1. The van der Waals surface area contributed by atoms with Crippen LogP contribution in [0.4, 0.5) is 0 Å². The van der Waals surface area contributed by atoms with Crippen LogP contribution in [0, 0.1) is 0 Å². The number of fused-ring (bicyclic) bond motifs is 1. The van der Waals surface area contributed by atoms with Crippen molar-refractivity contribution >= 4 is 34.9 Å². The lowest BCUT2D eigenvalue weighted by Gasteiger charge is -2.08. The third-order valence-electron chi connectivity index (χ3n) is 4.20. The summed E-state index contributed by atoms with van der Waals surface area (Å²) in [5.41, 5.74) is 2.06. The van der Waals surface area contributed by atoms with Gasteiger partial charge in [0.1, 0.15) is 12.2 Å². The summed E-state index contributed by atoms with van der Waals surface area (Å²) in [7, 11) is 4.22. The highest BCUT2D eigenvalue weighted by Gasteiger charge is 2.15. The fourth-order valence-electron chi connectivity index (χ4n) is 2.75. The second-order valence-electron chi connectivity index (χ2n) is 6.10. The molecule has 1 aromatic carbocycles. The molecule has 1 amide bonds. The molecule has 29 heavy (non-hydrogen) atoms. The highest BCUT2D eigenvalue weighted by Crippen LogP contribution is 2.34. The van der Waals surface area contributed by atoms with E-state index in [9.17, 15) is 19.5 Å². The Hall–Kier alpha value is -3.60. The monoisotopic (exact) mass is 420 g/mol. The summed E-state index contributed by atoms with van der Waals surface area (Å²) in [6.07, 6.45) is 2.63. The molecule has 0 fully saturated rings. The van der Waals surface area contributed by atoms with Crippen LogP contribution >= 0.6 is 11.6 Å². The first-order valence-corrected chi connectivity index (χ1v) is 8.61. The number of aromatic nitrogens is 4. The summed E-state index contributed by atoms with van der Waals surface area (Å²) in [5.74, 6) is -0.540. The second-order valence-corrected chi connectivity index (χ2v) is 6.50. The minimum Gasteiger partial charge on any atom is -0.503 e. The molecule has 0 aliphatic rings. The van der Waals surface area contributed by atoms with Crippen LogP contribution in [0.5, 0.6) is 11.5 Å². The van der Waals surface area contributed by atoms with Crippen LogP contribution in [0.25, 0.3) is 11.2 Å². The van der Waals surface area contributed by atoms with E-state index in [4.69, 9.17) is 16.3 Å². The van der Waals surface area contributed by atoms with E-state index in [0.29, 0.717) is 5.56 Å². The maximum Gasteiger partial charge on any atom is 0.332 e. The number of imidazole rings is 1. The van der Waals surface area contributed by atoms with Crippen molar-refractivity contribution in [3.63, 3.8) is 0 Å². The van der Waals surface area contributed by atoms with Crippen LogP contribution in [0.2, 0.25) is 5.02 Å². The first-order chi connectivity index (χ1) is 13.7. The predicted molar refractivity (Wildman–Crippen MR) is 106 cm³/mol. The molecule has 0 aliphatic carbocycles. The number of rotatable bonds is 5. The van der Waals surface area contributed by atoms with Gasteiger partial charge < -0.3 is 14.4 Å². The minimum atomic E-state index is -0.543. The van der Waals surface area contributed by atoms with E-state index < -0.39 is 17.2 Å². The van der Waals surface area contributed by atoms with E-state index >= 15 is 0 Å². The van der Waals surface area contributed by atoms with Crippen LogP contribution in [0.3, 0.4) is 0 Å². The second kappa shape index (κ2) is 7.80. The molecule has 0 bridgehead atoms. The molecule has 152 valence electrons. The Morgan fingerprint density at radius 2 is 2.07 bits per heavy atom. The van der Waals surface area contributed by atoms with Gasteiger partial charge in [0.2, 0.25) is 0 Å². The largest absolute Gasteiger partial charge is 0.503 e. The van der Waals surface area contributed by atoms with E-state index in [2.05, 4.69) is 15.5 Å². The number of hydrogen-bond donors (Lipinski definition) is 2. The molecule has 0 saturated carbocycles. The average Bonchev–Trinajstić information content (AvgIpc) is 3.10. The van der Waals surface area contributed by atoms with Gasteiger partial charge in [-0.3, -0.25) is 18.7 Å². The van der Waals surface area contributed by atoms with E-state index in [1.165, 1.54) is 55.0 Å². The lowest BCUT2D eigenvalue weighted by molar-refractivity contribution is -0.121. The molecule has 11 nitrogen and oxygen atoms in total. The molecular formula is C17H17ClN6O5. The number of nitrogens with zero attached hydrogens (tertiary/aromatic N) is 5. The highest BCUT2D eigenvalue weighted by atomic mass is 35.5. The van der Waals surface area contributed by atoms with Crippen molar-refractivity contribution in [3.05, 3.63) is 49.9 Å². The van der Waals surface area contributed by atoms with E-state index in [1.807, 2.05) is 0 Å². The van der Waals surface area contributed by atoms with Gasteiger partial charge in [0, 0.05) is 14.1 Å². The smallest absolute Gasteiger partial charge is 0.332 e. The van der Waals surface area contributed by atoms with Gasteiger partial charge in [0.25, 0.3) is 11.5 Å². The number of carbonyl (C=O) groups is 1. The Labute approximate surface area is 168 Å². The van der Waals surface area contributed by atoms with Crippen molar-refractivity contribution in [3.8, 4) is 11.5 Å². The zero-order chi connectivity index (χ0) is 21.3. The number of nitrogens with one attached hydrogen (secondary N) is 1. The number of aromatic hydroxyl groups is 1. The van der Waals surface area contributed by atoms with Crippen molar-refractivity contribution in [1.82, 2.24) is 24.1 Å². The predicted octanol–water partition coefficient (Wildman–Crippen LogP) is -0.0484. The van der Waals surface area contributed by atoms with Crippen molar-refractivity contribution < 1.29 is 14.6 Å². The number of hydrogen-bond acceptors (Lipinski definition) is 7. The van der Waals surface area contributed by atoms with Crippen LogP contribution in [-0.2, 0) is 25.4 Å². The molecule has 3 aromatic rings. The van der Waals surface area contributed by atoms with E-state index in [0.717, 1.165) is 4.57 Å². The van der Waals surface area contributed by atoms with Crippen LogP contribution in [0.15, 0.2) is 33.2 Å². The average molecular weight is 421 g/mol. The molecule has 12 heteroatoms. The van der Waals surface area contributed by atoms with Crippen LogP contribution < -0.4 is 21.4 Å². The zero-order valence-electron chi connectivity index (χ0n) is 15.7. The Balaban J connectivity index is 1.79. The molecule has 0 aliphatic heterocycles. The lowest BCUT2D eigenvalue weighted by Crippen LogP contribution is -2.37. The highest BCUT2D eigenvalue weighted by molar-refractivity contribution is 6.32. The third kappa shape index (κ3) is 3.72. The number of phenols is 1.